The number of nitrogens with two attached hydrogens (primary N) is 1. The molecule has 5 heteroatoms. The van der Waals surface area contributed by atoms with Crippen LogP contribution in [0.1, 0.15) is 5.82 Å². The first-order valence-electron chi connectivity index (χ1n) is 5.56. The van der Waals surface area contributed by atoms with E-state index < -0.39 is 0 Å². The molecule has 5 nitrogen and oxygen atoms in total. The highest BCUT2D eigenvalue weighted by molar-refractivity contribution is 5.85. The topological polar surface area (TPSA) is 77.6 Å². The number of hydrogen-bond acceptors (Lipinski definition) is 5. The van der Waals surface area contributed by atoms with Crippen LogP contribution in [0.25, 0.3) is 22.4 Å². The van der Waals surface area contributed by atoms with Gasteiger partial charge < -0.3 is 5.73 Å². The smallest absolute Gasteiger partial charge is 0.168 e. The van der Waals surface area contributed by atoms with Crippen molar-refractivity contribution in [3.63, 3.8) is 0 Å². The number of rotatable bonds is 1. The Morgan fingerprint density at radius 1 is 1.00 bits per heavy atom. The lowest BCUT2D eigenvalue weighted by molar-refractivity contribution is 1.07. The van der Waals surface area contributed by atoms with Gasteiger partial charge in [0.15, 0.2) is 11.5 Å². The Kier molecular flexibility index (Phi) is 2.37. The van der Waals surface area contributed by atoms with Crippen LogP contribution in [0.15, 0.2) is 36.5 Å². The van der Waals surface area contributed by atoms with E-state index in [-0.39, 0.29) is 0 Å². The molecule has 0 spiro atoms. The van der Waals surface area contributed by atoms with Crippen LogP contribution in [-0.2, 0) is 0 Å². The molecule has 0 saturated carbocycles. The van der Waals surface area contributed by atoms with Crippen molar-refractivity contribution >= 4 is 16.9 Å². The van der Waals surface area contributed by atoms with Gasteiger partial charge >= 0.3 is 0 Å². The lowest BCUT2D eigenvalue weighted by atomic mass is 10.2. The maximum absolute atomic E-state index is 5.81. The van der Waals surface area contributed by atoms with Gasteiger partial charge in [0.2, 0.25) is 0 Å². The van der Waals surface area contributed by atoms with Gasteiger partial charge in [-0.3, -0.25) is 0 Å². The summed E-state index contributed by atoms with van der Waals surface area (Å²) in [5, 5.41) is 0.681. The second-order valence-electron chi connectivity index (χ2n) is 3.95. The number of anilines is 1. The van der Waals surface area contributed by atoms with E-state index in [1.807, 2.05) is 30.3 Å². The van der Waals surface area contributed by atoms with Crippen LogP contribution in [0, 0.1) is 6.92 Å². The van der Waals surface area contributed by atoms with E-state index in [2.05, 4.69) is 19.9 Å². The average molecular weight is 237 g/mol. The molecule has 3 aromatic rings. The highest BCUT2D eigenvalue weighted by Crippen LogP contribution is 2.19. The molecule has 2 aromatic heterocycles. The van der Waals surface area contributed by atoms with Crippen LogP contribution < -0.4 is 5.73 Å². The summed E-state index contributed by atoms with van der Waals surface area (Å²) < 4.78 is 0. The lowest BCUT2D eigenvalue weighted by Crippen LogP contribution is -2.00. The Hall–Kier alpha value is -2.56. The molecule has 0 aliphatic heterocycles. The molecule has 0 aliphatic carbocycles. The fraction of sp³-hybridized carbons (Fsp3) is 0.0769. The summed E-state index contributed by atoms with van der Waals surface area (Å²) in [6.07, 6.45) is 1.67. The van der Waals surface area contributed by atoms with Crippen molar-refractivity contribution in [3.05, 3.63) is 42.4 Å². The third-order valence-corrected chi connectivity index (χ3v) is 2.63. The number of aryl methyl sites for hydroxylation is 1. The van der Waals surface area contributed by atoms with E-state index in [4.69, 9.17) is 5.73 Å². The SMILES string of the molecule is Cc1nc(N)c2cnc(-c3ccccc3)nc2n1. The molecule has 2 N–H and O–H groups in total. The van der Waals surface area contributed by atoms with E-state index in [9.17, 15) is 0 Å². The second kappa shape index (κ2) is 4.03. The standard InChI is InChI=1S/C13H11N5/c1-8-16-11(14)10-7-15-12(18-13(10)17-8)9-5-3-2-4-6-9/h2-7H,1H3,(H2,14,15,16,17,18). The maximum atomic E-state index is 5.81. The Balaban J connectivity index is 2.23. The second-order valence-corrected chi connectivity index (χ2v) is 3.95. The van der Waals surface area contributed by atoms with Gasteiger partial charge in [-0.15, -0.1) is 0 Å². The predicted octanol–water partition coefficient (Wildman–Crippen LogP) is 1.98. The third kappa shape index (κ3) is 1.75. The summed E-state index contributed by atoms with van der Waals surface area (Å²) in [4.78, 5) is 17.1. The molecule has 18 heavy (non-hydrogen) atoms. The zero-order valence-electron chi connectivity index (χ0n) is 9.83. The summed E-state index contributed by atoms with van der Waals surface area (Å²) in [6, 6.07) is 9.76. The molecule has 0 atom stereocenters. The van der Waals surface area contributed by atoms with Crippen LogP contribution >= 0.6 is 0 Å². The molecule has 2 heterocycles. The van der Waals surface area contributed by atoms with E-state index in [0.29, 0.717) is 28.5 Å². The number of hydrogen-bond donors (Lipinski definition) is 1. The molecule has 0 saturated heterocycles. The first kappa shape index (κ1) is 10.6. The number of fused-ring (bicyclic) bond motifs is 1. The minimum absolute atomic E-state index is 0.414. The monoisotopic (exact) mass is 237 g/mol. The van der Waals surface area contributed by atoms with E-state index in [1.54, 1.807) is 13.1 Å². The van der Waals surface area contributed by atoms with Crippen LogP contribution in [-0.4, -0.2) is 19.9 Å². The largest absolute Gasteiger partial charge is 0.383 e. The Bertz CT molecular complexity index is 709. The fourth-order valence-electron chi connectivity index (χ4n) is 1.78. The van der Waals surface area contributed by atoms with Crippen molar-refractivity contribution in [1.29, 1.82) is 0 Å². The van der Waals surface area contributed by atoms with E-state index >= 15 is 0 Å². The number of benzene rings is 1. The molecule has 88 valence electrons. The highest BCUT2D eigenvalue weighted by atomic mass is 15.0. The minimum Gasteiger partial charge on any atom is -0.383 e. The van der Waals surface area contributed by atoms with Gasteiger partial charge in [0.25, 0.3) is 0 Å². The molecule has 0 radical (unpaired) electrons. The highest BCUT2D eigenvalue weighted by Gasteiger charge is 2.07. The van der Waals surface area contributed by atoms with Gasteiger partial charge in [0, 0.05) is 11.8 Å². The molecular weight excluding hydrogens is 226 g/mol. The number of aromatic nitrogens is 4. The average Bonchev–Trinajstić information content (AvgIpc) is 2.39. The van der Waals surface area contributed by atoms with Gasteiger partial charge in [-0.2, -0.15) is 0 Å². The Morgan fingerprint density at radius 3 is 2.56 bits per heavy atom. The Labute approximate surface area is 104 Å². The Morgan fingerprint density at radius 2 is 1.78 bits per heavy atom. The predicted molar refractivity (Wildman–Crippen MR) is 69.7 cm³/mol. The van der Waals surface area contributed by atoms with Crippen molar-refractivity contribution in [1.82, 2.24) is 19.9 Å². The van der Waals surface area contributed by atoms with Gasteiger partial charge in [-0.1, -0.05) is 30.3 Å². The van der Waals surface area contributed by atoms with Crippen molar-refractivity contribution in [2.45, 2.75) is 6.92 Å². The van der Waals surface area contributed by atoms with Crippen molar-refractivity contribution in [3.8, 4) is 11.4 Å². The van der Waals surface area contributed by atoms with Gasteiger partial charge in [-0.05, 0) is 6.92 Å². The first-order chi connectivity index (χ1) is 8.74. The molecule has 3 rings (SSSR count). The quantitative estimate of drug-likeness (QED) is 0.700. The molecule has 0 unspecified atom stereocenters. The van der Waals surface area contributed by atoms with Gasteiger partial charge in [-0.25, -0.2) is 19.9 Å². The van der Waals surface area contributed by atoms with Crippen LogP contribution in [0.5, 0.6) is 0 Å². The van der Waals surface area contributed by atoms with Crippen molar-refractivity contribution in [2.24, 2.45) is 0 Å². The molecule has 0 fully saturated rings. The number of nitrogens with zero attached hydrogens (tertiary/aromatic N) is 4. The molecule has 1 aromatic carbocycles. The summed E-state index contributed by atoms with van der Waals surface area (Å²) in [6.45, 7) is 1.79. The number of nitrogen functional groups attached to an aromatic ring is 1. The van der Waals surface area contributed by atoms with Crippen molar-refractivity contribution < 1.29 is 0 Å². The third-order valence-electron chi connectivity index (χ3n) is 2.63. The maximum Gasteiger partial charge on any atom is 0.168 e. The summed E-state index contributed by atoms with van der Waals surface area (Å²) in [5.74, 6) is 1.66. The zero-order chi connectivity index (χ0) is 12.5. The molecule has 0 amide bonds. The van der Waals surface area contributed by atoms with Gasteiger partial charge in [0.05, 0.1) is 5.39 Å². The lowest BCUT2D eigenvalue weighted by Gasteiger charge is -2.04. The van der Waals surface area contributed by atoms with E-state index in [0.717, 1.165) is 5.56 Å². The molecule has 0 aliphatic rings. The van der Waals surface area contributed by atoms with Crippen LogP contribution in [0.4, 0.5) is 5.82 Å². The fourth-order valence-corrected chi connectivity index (χ4v) is 1.78. The van der Waals surface area contributed by atoms with E-state index in [1.165, 1.54) is 0 Å². The van der Waals surface area contributed by atoms with Crippen LogP contribution in [0.2, 0.25) is 0 Å². The van der Waals surface area contributed by atoms with Gasteiger partial charge in [0.1, 0.15) is 11.6 Å². The summed E-state index contributed by atoms with van der Waals surface area (Å²) >= 11 is 0. The molecule has 0 bridgehead atoms. The first-order valence-corrected chi connectivity index (χ1v) is 5.56. The normalized spacial score (nSPS) is 10.7. The van der Waals surface area contributed by atoms with Crippen molar-refractivity contribution in [2.75, 3.05) is 5.73 Å². The zero-order valence-corrected chi connectivity index (χ0v) is 9.83. The minimum atomic E-state index is 0.414. The molecular formula is C13H11N5. The summed E-state index contributed by atoms with van der Waals surface area (Å²) in [7, 11) is 0. The summed E-state index contributed by atoms with van der Waals surface area (Å²) in [5.41, 5.74) is 7.35. The van der Waals surface area contributed by atoms with Crippen LogP contribution in [0.3, 0.4) is 0 Å².